The number of halogens is 3. The van der Waals surface area contributed by atoms with Crippen LogP contribution in [0.15, 0.2) is 18.2 Å². The van der Waals surface area contributed by atoms with Crippen molar-refractivity contribution in [3.63, 3.8) is 0 Å². The second-order valence-electron chi connectivity index (χ2n) is 4.78. The third kappa shape index (κ3) is 2.47. The largest absolute Gasteiger partial charge is 0.460 e. The predicted molar refractivity (Wildman–Crippen MR) is 73.6 cm³/mol. The number of fused-ring (bicyclic) bond motifs is 1. The van der Waals surface area contributed by atoms with Crippen molar-refractivity contribution in [2.45, 2.75) is 20.0 Å². The molecule has 22 heavy (non-hydrogen) atoms. The number of carbonyl (C=O) groups is 2. The predicted octanol–water partition coefficient (Wildman–Crippen LogP) is 3.25. The van der Waals surface area contributed by atoms with Crippen LogP contribution in [-0.2, 0) is 22.8 Å². The highest BCUT2D eigenvalue weighted by atomic mass is 19.4. The van der Waals surface area contributed by atoms with Crippen LogP contribution in [0.2, 0.25) is 0 Å². The number of ether oxygens (including phenoxy) is 1. The van der Waals surface area contributed by atoms with Crippen LogP contribution in [-0.4, -0.2) is 22.9 Å². The molecule has 1 heterocycles. The van der Waals surface area contributed by atoms with Crippen LogP contribution in [0.5, 0.6) is 0 Å². The molecule has 4 nitrogen and oxygen atoms in total. The quantitative estimate of drug-likeness (QED) is 0.496. The number of carbonyl (C=O) groups excluding carboxylic acids is 2. The Morgan fingerprint density at radius 2 is 1.91 bits per heavy atom. The fourth-order valence-electron chi connectivity index (χ4n) is 2.54. The van der Waals surface area contributed by atoms with Crippen molar-refractivity contribution >= 4 is 22.7 Å². The van der Waals surface area contributed by atoms with Gasteiger partial charge in [0.25, 0.3) is 5.78 Å². The van der Waals surface area contributed by atoms with Crippen LogP contribution in [0.4, 0.5) is 13.2 Å². The van der Waals surface area contributed by atoms with Gasteiger partial charge >= 0.3 is 12.1 Å². The molecule has 118 valence electrons. The van der Waals surface area contributed by atoms with Crippen molar-refractivity contribution in [3.05, 3.63) is 35.0 Å². The third-order valence-corrected chi connectivity index (χ3v) is 3.45. The fraction of sp³-hybridized carbons (Fsp3) is 0.333. The zero-order valence-electron chi connectivity index (χ0n) is 12.2. The molecule has 0 radical (unpaired) electrons. The standard InChI is InChI=1S/C15H14F3NO3/c1-4-22-14(21)13(20)11-8(2)9-6-5-7-10(15(16,17)18)12(9)19(11)3/h5-7H,4H2,1-3H3. The lowest BCUT2D eigenvalue weighted by atomic mass is 10.1. The topological polar surface area (TPSA) is 48.3 Å². The number of hydrogen-bond donors (Lipinski definition) is 0. The summed E-state index contributed by atoms with van der Waals surface area (Å²) in [6, 6.07) is 3.71. The highest BCUT2D eigenvalue weighted by Crippen LogP contribution is 2.37. The summed E-state index contributed by atoms with van der Waals surface area (Å²) < 4.78 is 45.1. The van der Waals surface area contributed by atoms with Crippen molar-refractivity contribution in [2.75, 3.05) is 6.61 Å². The Labute approximate surface area is 124 Å². The summed E-state index contributed by atoms with van der Waals surface area (Å²) in [6.45, 7) is 3.07. The van der Waals surface area contributed by atoms with E-state index < -0.39 is 23.5 Å². The van der Waals surface area contributed by atoms with Gasteiger partial charge in [-0.25, -0.2) is 4.79 Å². The summed E-state index contributed by atoms with van der Waals surface area (Å²) in [5.74, 6) is -2.03. The number of hydrogen-bond acceptors (Lipinski definition) is 3. The summed E-state index contributed by atoms with van der Waals surface area (Å²) in [6.07, 6.45) is -4.55. The molecule has 0 spiro atoms. The first-order chi connectivity index (χ1) is 10.2. The smallest absolute Gasteiger partial charge is 0.418 e. The molecule has 0 fully saturated rings. The molecule has 0 saturated heterocycles. The molecular formula is C15H14F3NO3. The highest BCUT2D eigenvalue weighted by molar-refractivity contribution is 6.41. The first-order valence-corrected chi connectivity index (χ1v) is 6.56. The van der Waals surface area contributed by atoms with E-state index in [1.54, 1.807) is 6.92 Å². The van der Waals surface area contributed by atoms with Gasteiger partial charge in [0.05, 0.1) is 17.7 Å². The molecular weight excluding hydrogens is 299 g/mol. The minimum Gasteiger partial charge on any atom is -0.460 e. The number of rotatable bonds is 3. The average Bonchev–Trinajstić information content (AvgIpc) is 2.69. The van der Waals surface area contributed by atoms with Gasteiger partial charge in [-0.1, -0.05) is 12.1 Å². The van der Waals surface area contributed by atoms with E-state index in [9.17, 15) is 22.8 Å². The van der Waals surface area contributed by atoms with Crippen molar-refractivity contribution in [1.82, 2.24) is 4.57 Å². The van der Waals surface area contributed by atoms with Crippen molar-refractivity contribution in [3.8, 4) is 0 Å². The molecule has 0 N–H and O–H groups in total. The Kier molecular flexibility index (Phi) is 4.00. The molecule has 1 aromatic carbocycles. The molecule has 2 rings (SSSR count). The lowest BCUT2D eigenvalue weighted by molar-refractivity contribution is -0.137. The van der Waals surface area contributed by atoms with Gasteiger partial charge in [0.1, 0.15) is 5.69 Å². The monoisotopic (exact) mass is 313 g/mol. The summed E-state index contributed by atoms with van der Waals surface area (Å²) in [5, 5.41) is 0.282. The Morgan fingerprint density at radius 3 is 2.45 bits per heavy atom. The first kappa shape index (κ1) is 16.1. The van der Waals surface area contributed by atoms with Gasteiger partial charge in [0, 0.05) is 12.4 Å². The maximum atomic E-state index is 13.1. The molecule has 0 bridgehead atoms. The SMILES string of the molecule is CCOC(=O)C(=O)c1c(C)c2cccc(C(F)(F)F)c2n1C. The van der Waals surface area contributed by atoms with E-state index >= 15 is 0 Å². The molecule has 0 aliphatic carbocycles. The Hall–Kier alpha value is -2.31. The van der Waals surface area contributed by atoms with E-state index in [2.05, 4.69) is 4.74 Å². The summed E-state index contributed by atoms with van der Waals surface area (Å²) in [7, 11) is 1.33. The molecule has 7 heteroatoms. The number of aromatic nitrogens is 1. The lowest BCUT2D eigenvalue weighted by Crippen LogP contribution is -2.21. The van der Waals surface area contributed by atoms with Crippen LogP contribution < -0.4 is 0 Å². The molecule has 0 unspecified atom stereocenters. The van der Waals surface area contributed by atoms with E-state index in [1.165, 1.54) is 26.1 Å². The third-order valence-electron chi connectivity index (χ3n) is 3.45. The van der Waals surface area contributed by atoms with Crippen molar-refractivity contribution in [1.29, 1.82) is 0 Å². The highest BCUT2D eigenvalue weighted by Gasteiger charge is 2.35. The van der Waals surface area contributed by atoms with Crippen LogP contribution >= 0.6 is 0 Å². The van der Waals surface area contributed by atoms with E-state index in [-0.39, 0.29) is 23.2 Å². The van der Waals surface area contributed by atoms with Gasteiger partial charge in [-0.3, -0.25) is 4.79 Å². The zero-order chi connectivity index (χ0) is 16.7. The van der Waals surface area contributed by atoms with Gasteiger partial charge < -0.3 is 9.30 Å². The minimum absolute atomic E-state index is 0.0152. The van der Waals surface area contributed by atoms with E-state index in [0.29, 0.717) is 5.56 Å². The maximum absolute atomic E-state index is 13.1. The molecule has 0 aliphatic heterocycles. The number of Topliss-reactive ketones (excluding diaryl/α,β-unsaturated/α-hetero) is 1. The minimum atomic E-state index is -4.55. The summed E-state index contributed by atoms with van der Waals surface area (Å²) >= 11 is 0. The number of nitrogens with zero attached hydrogens (tertiary/aromatic N) is 1. The molecule has 0 aliphatic rings. The molecule has 0 amide bonds. The number of esters is 1. The van der Waals surface area contributed by atoms with E-state index in [1.807, 2.05) is 0 Å². The molecule has 1 aromatic heterocycles. The molecule has 0 saturated carbocycles. The Balaban J connectivity index is 2.74. The van der Waals surface area contributed by atoms with Gasteiger partial charge in [-0.05, 0) is 25.5 Å². The molecule has 2 aromatic rings. The van der Waals surface area contributed by atoms with Gasteiger partial charge in [0.2, 0.25) is 0 Å². The van der Waals surface area contributed by atoms with Crippen LogP contribution in [0.1, 0.15) is 28.5 Å². The van der Waals surface area contributed by atoms with Gasteiger partial charge in [-0.2, -0.15) is 13.2 Å². The summed E-state index contributed by atoms with van der Waals surface area (Å²) in [5.41, 5.74) is -0.745. The Morgan fingerprint density at radius 1 is 1.27 bits per heavy atom. The number of ketones is 1. The second kappa shape index (κ2) is 5.47. The number of benzene rings is 1. The first-order valence-electron chi connectivity index (χ1n) is 6.56. The maximum Gasteiger partial charge on any atom is 0.418 e. The number of alkyl halides is 3. The van der Waals surface area contributed by atoms with Crippen molar-refractivity contribution in [2.24, 2.45) is 7.05 Å². The van der Waals surface area contributed by atoms with Crippen LogP contribution in [0.25, 0.3) is 10.9 Å². The second-order valence-corrected chi connectivity index (χ2v) is 4.78. The van der Waals surface area contributed by atoms with Crippen LogP contribution in [0.3, 0.4) is 0 Å². The fourth-order valence-corrected chi connectivity index (χ4v) is 2.54. The van der Waals surface area contributed by atoms with Crippen LogP contribution in [0, 0.1) is 6.92 Å². The molecule has 0 atom stereocenters. The van der Waals surface area contributed by atoms with Gasteiger partial charge in [0.15, 0.2) is 0 Å². The van der Waals surface area contributed by atoms with Gasteiger partial charge in [-0.15, -0.1) is 0 Å². The number of aryl methyl sites for hydroxylation is 2. The normalized spacial score (nSPS) is 11.7. The zero-order valence-corrected chi connectivity index (χ0v) is 12.2. The Bertz CT molecular complexity index is 759. The van der Waals surface area contributed by atoms with Crippen molar-refractivity contribution < 1.29 is 27.5 Å². The van der Waals surface area contributed by atoms with E-state index in [0.717, 1.165) is 10.6 Å². The lowest BCUT2D eigenvalue weighted by Gasteiger charge is -2.10. The number of para-hydroxylation sites is 1. The average molecular weight is 313 g/mol. The van der Waals surface area contributed by atoms with E-state index in [4.69, 9.17) is 0 Å². The summed E-state index contributed by atoms with van der Waals surface area (Å²) in [4.78, 5) is 23.7.